The minimum absolute atomic E-state index is 0.0129. The molecule has 0 N–H and O–H groups in total. The van der Waals surface area contributed by atoms with E-state index in [1.54, 1.807) is 0 Å². The van der Waals surface area contributed by atoms with Crippen molar-refractivity contribution < 1.29 is 14.3 Å². The van der Waals surface area contributed by atoms with Gasteiger partial charge in [0.25, 0.3) is 0 Å². The summed E-state index contributed by atoms with van der Waals surface area (Å²) >= 11 is 0. The first-order valence-corrected chi connectivity index (χ1v) is 32.3. The number of nitrogens with zero attached hydrogens (tertiary/aromatic N) is 2. The predicted octanol–water partition coefficient (Wildman–Crippen LogP) is 21.2. The summed E-state index contributed by atoms with van der Waals surface area (Å²) in [6.45, 7) is 9.76. The molecule has 2 aliphatic heterocycles. The number of ether oxygens (including phenoxy) is 2. The second-order valence-corrected chi connectivity index (χ2v) is 23.4. The third kappa shape index (κ3) is 43.4. The zero-order valence-electron chi connectivity index (χ0n) is 48.9. The van der Waals surface area contributed by atoms with Crippen LogP contribution in [0.15, 0.2) is 48.6 Å². The van der Waals surface area contributed by atoms with Crippen LogP contribution >= 0.6 is 0 Å². The summed E-state index contributed by atoms with van der Waals surface area (Å²) in [5.74, 6) is 1.89. The molecule has 0 bridgehead atoms. The molecule has 72 heavy (non-hydrogen) atoms. The third-order valence-corrected chi connectivity index (χ3v) is 16.2. The summed E-state index contributed by atoms with van der Waals surface area (Å²) in [6.07, 6.45) is 76.6. The minimum atomic E-state index is -0.385. The molecule has 2 fully saturated rings. The van der Waals surface area contributed by atoms with Gasteiger partial charge >= 0.3 is 6.16 Å². The Hall–Kier alpha value is -1.85. The smallest absolute Gasteiger partial charge is 0.431 e. The Balaban J connectivity index is 1.78. The van der Waals surface area contributed by atoms with Crippen molar-refractivity contribution in [1.29, 1.82) is 0 Å². The van der Waals surface area contributed by atoms with Crippen LogP contribution in [0.3, 0.4) is 0 Å². The van der Waals surface area contributed by atoms with Gasteiger partial charge in [0.1, 0.15) is 12.2 Å². The van der Waals surface area contributed by atoms with Crippen LogP contribution in [-0.2, 0) is 9.47 Å². The molecule has 5 nitrogen and oxygen atoms in total. The van der Waals surface area contributed by atoms with Gasteiger partial charge in [0.15, 0.2) is 0 Å². The molecule has 5 heteroatoms. The van der Waals surface area contributed by atoms with Crippen molar-refractivity contribution in [2.45, 2.75) is 321 Å². The fraction of sp³-hybridized carbons (Fsp3) is 0.866. The van der Waals surface area contributed by atoms with Crippen molar-refractivity contribution in [2.24, 2.45) is 11.8 Å². The number of likely N-dealkylation sites (tertiary alicyclic amines) is 2. The number of carbonyl (C=O) groups is 1. The highest BCUT2D eigenvalue weighted by molar-refractivity contribution is 5.60. The van der Waals surface area contributed by atoms with E-state index in [4.69, 9.17) is 9.47 Å². The largest absolute Gasteiger partial charge is 0.508 e. The van der Waals surface area contributed by atoms with E-state index >= 15 is 0 Å². The van der Waals surface area contributed by atoms with Crippen molar-refractivity contribution in [3.05, 3.63) is 48.6 Å². The van der Waals surface area contributed by atoms with Crippen LogP contribution < -0.4 is 0 Å². The first kappa shape index (κ1) is 66.3. The molecule has 420 valence electrons. The normalized spacial score (nSPS) is 17.8. The van der Waals surface area contributed by atoms with Gasteiger partial charge in [-0.3, -0.25) is 0 Å². The second-order valence-electron chi connectivity index (χ2n) is 23.4. The summed E-state index contributed by atoms with van der Waals surface area (Å²) in [5.41, 5.74) is 0. The topological polar surface area (TPSA) is 42.0 Å². The average molecular weight is 1010 g/mol. The SMILES string of the molecule is CCCCC/C=C\C/C=C\CCCCCCCC(CCCCCCCCCCC1CCN(C)C1)OC(=O)OC(CCCCCCC/C=C\C/C=C\CCCCC)CCCCCCCCCCC1CCN(C)C1. The number of rotatable bonds is 52. The Morgan fingerprint density at radius 3 is 0.958 bits per heavy atom. The molecule has 0 aromatic carbocycles. The molecule has 2 heterocycles. The Labute approximate surface area is 450 Å². The van der Waals surface area contributed by atoms with E-state index in [-0.39, 0.29) is 18.4 Å². The van der Waals surface area contributed by atoms with Crippen molar-refractivity contribution in [3.8, 4) is 0 Å². The van der Waals surface area contributed by atoms with Crippen LogP contribution in [0.2, 0.25) is 0 Å². The van der Waals surface area contributed by atoms with Gasteiger partial charge in [0, 0.05) is 13.1 Å². The monoisotopic (exact) mass is 1000 g/mol. The summed E-state index contributed by atoms with van der Waals surface area (Å²) in [7, 11) is 4.55. The van der Waals surface area contributed by atoms with Gasteiger partial charge in [0.2, 0.25) is 0 Å². The Morgan fingerprint density at radius 1 is 0.389 bits per heavy atom. The Morgan fingerprint density at radius 2 is 0.667 bits per heavy atom. The van der Waals surface area contributed by atoms with E-state index in [9.17, 15) is 4.79 Å². The Kier molecular flexibility index (Phi) is 47.2. The maximum absolute atomic E-state index is 13.6. The molecule has 0 spiro atoms. The highest BCUT2D eigenvalue weighted by atomic mass is 16.7. The molecule has 2 saturated heterocycles. The van der Waals surface area contributed by atoms with Crippen LogP contribution in [0.25, 0.3) is 0 Å². The van der Waals surface area contributed by atoms with Crippen molar-refractivity contribution in [3.63, 3.8) is 0 Å². The Bertz CT molecular complexity index is 1180. The number of hydrogen-bond acceptors (Lipinski definition) is 5. The maximum atomic E-state index is 13.6. The first-order chi connectivity index (χ1) is 35.5. The van der Waals surface area contributed by atoms with Crippen LogP contribution in [0.5, 0.6) is 0 Å². The molecule has 0 saturated carbocycles. The van der Waals surface area contributed by atoms with Gasteiger partial charge in [-0.15, -0.1) is 0 Å². The third-order valence-electron chi connectivity index (χ3n) is 16.2. The van der Waals surface area contributed by atoms with E-state index in [1.165, 1.54) is 257 Å². The molecule has 2 rings (SSSR count). The summed E-state index contributed by atoms with van der Waals surface area (Å²) in [4.78, 5) is 18.6. The van der Waals surface area contributed by atoms with Gasteiger partial charge in [-0.05, 0) is 180 Å². The van der Waals surface area contributed by atoms with Crippen LogP contribution in [0.1, 0.15) is 309 Å². The molecule has 0 aromatic heterocycles. The van der Waals surface area contributed by atoms with Crippen molar-refractivity contribution in [1.82, 2.24) is 9.80 Å². The van der Waals surface area contributed by atoms with E-state index in [0.29, 0.717) is 0 Å². The van der Waals surface area contributed by atoms with E-state index in [0.717, 1.165) is 76.0 Å². The molecular weight excluding hydrogens is 881 g/mol. The number of carbonyl (C=O) groups excluding carboxylic acids is 1. The first-order valence-electron chi connectivity index (χ1n) is 32.3. The van der Waals surface area contributed by atoms with Gasteiger partial charge < -0.3 is 19.3 Å². The molecule has 0 aromatic rings. The fourth-order valence-corrected chi connectivity index (χ4v) is 11.4. The highest BCUT2D eigenvalue weighted by Gasteiger charge is 2.21. The number of allylic oxidation sites excluding steroid dienone is 8. The molecule has 4 unspecified atom stereocenters. The molecule has 0 radical (unpaired) electrons. The van der Waals surface area contributed by atoms with E-state index < -0.39 is 0 Å². The van der Waals surface area contributed by atoms with E-state index in [2.05, 4.69) is 86.4 Å². The van der Waals surface area contributed by atoms with Crippen LogP contribution in [0, 0.1) is 11.8 Å². The lowest BCUT2D eigenvalue weighted by atomic mass is 9.99. The second kappa shape index (κ2) is 51.3. The average Bonchev–Trinajstić information content (AvgIpc) is 4.00. The zero-order valence-corrected chi connectivity index (χ0v) is 48.9. The van der Waals surface area contributed by atoms with Gasteiger partial charge in [-0.25, -0.2) is 4.79 Å². The highest BCUT2D eigenvalue weighted by Crippen LogP contribution is 2.25. The fourth-order valence-electron chi connectivity index (χ4n) is 11.4. The summed E-state index contributed by atoms with van der Waals surface area (Å²) in [5, 5.41) is 0. The quantitative estimate of drug-likeness (QED) is 0.0345. The molecular formula is C67H124N2O3. The number of hydrogen-bond donors (Lipinski definition) is 0. The summed E-state index contributed by atoms with van der Waals surface area (Å²) < 4.78 is 12.6. The van der Waals surface area contributed by atoms with E-state index in [1.807, 2.05) is 0 Å². The lowest BCUT2D eigenvalue weighted by molar-refractivity contribution is -0.0121. The minimum Gasteiger partial charge on any atom is -0.431 e. The summed E-state index contributed by atoms with van der Waals surface area (Å²) in [6, 6.07) is 0. The zero-order chi connectivity index (χ0) is 51.5. The van der Waals surface area contributed by atoms with Gasteiger partial charge in [0.05, 0.1) is 0 Å². The lowest BCUT2D eigenvalue weighted by Crippen LogP contribution is -2.24. The van der Waals surface area contributed by atoms with Crippen molar-refractivity contribution >= 4 is 6.16 Å². The van der Waals surface area contributed by atoms with Crippen molar-refractivity contribution in [2.75, 3.05) is 40.3 Å². The van der Waals surface area contributed by atoms with Crippen LogP contribution in [0.4, 0.5) is 4.79 Å². The lowest BCUT2D eigenvalue weighted by Gasteiger charge is -2.22. The van der Waals surface area contributed by atoms with Gasteiger partial charge in [-0.1, -0.05) is 217 Å². The van der Waals surface area contributed by atoms with Crippen LogP contribution in [-0.4, -0.2) is 68.4 Å². The molecule has 0 amide bonds. The standard InChI is InChI=1S/C67H124N2O3/c1-5-7-9-11-13-15-17-19-21-23-25-27-35-41-47-53-65(55-49-43-37-31-29-33-39-45-51-63-57-59-68(3)61-63)71-67(70)72-66(54-48-42-36-28-26-24-22-20-18-16-14-12-10-8-6-2)56-50-44-38-32-30-34-40-46-52-64-58-60-69(4)62-64/h13-16,19-22,63-66H,5-12,17-18,23-62H2,1-4H3/b15-13-,16-14-,21-19-,22-20-. The molecule has 0 aliphatic carbocycles. The molecule has 4 atom stereocenters. The van der Waals surface area contributed by atoms with Gasteiger partial charge in [-0.2, -0.15) is 0 Å². The molecule has 2 aliphatic rings. The number of unbranched alkanes of at least 4 members (excludes halogenated alkanes) is 30. The predicted molar refractivity (Wildman–Crippen MR) is 317 cm³/mol. The maximum Gasteiger partial charge on any atom is 0.508 e.